The van der Waals surface area contributed by atoms with Gasteiger partial charge in [-0.1, -0.05) is 0 Å². The normalized spacial score (nSPS) is 11.6. The van der Waals surface area contributed by atoms with Crippen LogP contribution in [0.3, 0.4) is 0 Å². The molecule has 0 aromatic carbocycles. The van der Waals surface area contributed by atoms with Crippen LogP contribution in [-0.4, -0.2) is 7.63 Å². The Morgan fingerprint density at radius 1 is 1.57 bits per heavy atom. The lowest BCUT2D eigenvalue weighted by atomic mass is 10.9. The molecule has 0 bridgehead atoms. The van der Waals surface area contributed by atoms with Crippen LogP contribution in [0.15, 0.2) is 4.99 Å². The van der Waals surface area contributed by atoms with Crippen LogP contribution in [0.25, 0.3) is 0 Å². The van der Waals surface area contributed by atoms with Crippen molar-refractivity contribution in [3.63, 3.8) is 0 Å². The summed E-state index contributed by atoms with van der Waals surface area (Å²) in [6, 6.07) is 0. The molecule has 0 heterocycles. The fourth-order valence-electron chi connectivity index (χ4n) is 0.121. The van der Waals surface area contributed by atoms with E-state index >= 15 is 0 Å². The molecular formula is C3H3I2NO. The highest BCUT2D eigenvalue weighted by molar-refractivity contribution is 14.1. The molecule has 0 aromatic rings. The molecule has 2 nitrogen and oxygen atoms in total. The molecule has 0 spiro atoms. The Morgan fingerprint density at radius 2 is 2.00 bits per heavy atom. The van der Waals surface area contributed by atoms with Gasteiger partial charge in [0.05, 0.1) is 3.72 Å². The third-order valence-corrected chi connectivity index (χ3v) is 0.724. The molecule has 0 aromatic heterocycles. The molecule has 4 heteroatoms. The van der Waals surface area contributed by atoms with Crippen LogP contribution in [0.5, 0.6) is 0 Å². The molecule has 0 saturated carbocycles. The summed E-state index contributed by atoms with van der Waals surface area (Å²) in [6.07, 6.45) is 0. The maximum absolute atomic E-state index is 10.0. The zero-order chi connectivity index (χ0) is 5.86. The van der Waals surface area contributed by atoms with E-state index in [0.29, 0.717) is 0 Å². The summed E-state index contributed by atoms with van der Waals surface area (Å²) >= 11 is 3.61. The van der Waals surface area contributed by atoms with Crippen molar-refractivity contribution in [3.05, 3.63) is 0 Å². The van der Waals surface area contributed by atoms with Gasteiger partial charge >= 0.3 is 3.91 Å². The third kappa shape index (κ3) is 6.80. The molecule has 0 atom stereocenters. The van der Waals surface area contributed by atoms with E-state index in [0.717, 1.165) is 3.72 Å². The van der Waals surface area contributed by atoms with E-state index in [-0.39, 0.29) is 3.91 Å². The van der Waals surface area contributed by atoms with Gasteiger partial charge in [0.1, 0.15) is 0 Å². The van der Waals surface area contributed by atoms with E-state index in [1.165, 1.54) is 0 Å². The van der Waals surface area contributed by atoms with Crippen LogP contribution in [0.2, 0.25) is 0 Å². The number of rotatable bonds is 0. The molecule has 0 unspecified atom stereocenters. The van der Waals surface area contributed by atoms with Crippen molar-refractivity contribution in [2.45, 2.75) is 6.92 Å². The lowest BCUT2D eigenvalue weighted by Gasteiger charge is -1.76. The Kier molecular flexibility index (Phi) is 4.19. The first-order chi connectivity index (χ1) is 3.13. The van der Waals surface area contributed by atoms with Crippen LogP contribution in [-0.2, 0) is 0 Å². The average molecular weight is 323 g/mol. The summed E-state index contributed by atoms with van der Waals surface area (Å²) in [5.41, 5.74) is 0. The van der Waals surface area contributed by atoms with Gasteiger partial charge in [-0.25, -0.2) is 4.99 Å². The first-order valence-corrected chi connectivity index (χ1v) is 3.69. The SMILES string of the molecule is CC(I)=NC(=O)I. The van der Waals surface area contributed by atoms with Gasteiger partial charge in [0.15, 0.2) is 0 Å². The summed E-state index contributed by atoms with van der Waals surface area (Å²) < 4.78 is 0.613. The van der Waals surface area contributed by atoms with Gasteiger partial charge in [0, 0.05) is 22.6 Å². The topological polar surface area (TPSA) is 29.4 Å². The van der Waals surface area contributed by atoms with E-state index < -0.39 is 0 Å². The molecule has 40 valence electrons. The van der Waals surface area contributed by atoms with Crippen molar-refractivity contribution in [2.75, 3.05) is 0 Å². The van der Waals surface area contributed by atoms with Gasteiger partial charge in [0.2, 0.25) is 0 Å². The molecule has 0 aliphatic heterocycles. The zero-order valence-corrected chi connectivity index (χ0v) is 7.93. The first kappa shape index (κ1) is 7.80. The van der Waals surface area contributed by atoms with E-state index in [4.69, 9.17) is 0 Å². The predicted octanol–water partition coefficient (Wildman–Crippen LogP) is 2.39. The number of carbonyl (C=O) groups excluding carboxylic acids is 1. The molecule has 0 aliphatic carbocycles. The summed E-state index contributed by atoms with van der Waals surface area (Å²) in [4.78, 5) is 13.6. The highest BCUT2D eigenvalue weighted by atomic mass is 127. The number of carbonyl (C=O) groups is 1. The molecule has 0 aliphatic rings. The number of nitrogens with zero attached hydrogens (tertiary/aromatic N) is 1. The van der Waals surface area contributed by atoms with Crippen molar-refractivity contribution in [1.82, 2.24) is 0 Å². The highest BCUT2D eigenvalue weighted by Gasteiger charge is 1.85. The Morgan fingerprint density at radius 3 is 2.00 bits per heavy atom. The molecule has 0 rings (SSSR count). The summed E-state index contributed by atoms with van der Waals surface area (Å²) in [5.74, 6) is 0. The van der Waals surface area contributed by atoms with Crippen LogP contribution in [0.4, 0.5) is 4.79 Å². The minimum Gasteiger partial charge on any atom is -0.260 e. The summed E-state index contributed by atoms with van der Waals surface area (Å²) in [7, 11) is 0. The second-order valence-electron chi connectivity index (χ2n) is 0.862. The Bertz CT molecular complexity index is 106. The maximum atomic E-state index is 10.0. The first-order valence-electron chi connectivity index (χ1n) is 1.53. The molecular weight excluding hydrogens is 320 g/mol. The van der Waals surface area contributed by atoms with Gasteiger partial charge in [-0.15, -0.1) is 0 Å². The highest BCUT2D eigenvalue weighted by Crippen LogP contribution is 1.95. The second-order valence-corrected chi connectivity index (χ2v) is 3.35. The van der Waals surface area contributed by atoms with Crippen molar-refractivity contribution in [3.8, 4) is 0 Å². The number of amides is 1. The number of aliphatic imine (C=N–C) groups is 1. The maximum Gasteiger partial charge on any atom is 0.306 e. The largest absolute Gasteiger partial charge is 0.306 e. The minimum atomic E-state index is -0.162. The van der Waals surface area contributed by atoms with E-state index in [2.05, 4.69) is 4.99 Å². The van der Waals surface area contributed by atoms with Crippen LogP contribution >= 0.6 is 45.2 Å². The lowest BCUT2D eigenvalue weighted by molar-refractivity contribution is 0.269. The van der Waals surface area contributed by atoms with Gasteiger partial charge in [-0.2, -0.15) is 0 Å². The average Bonchev–Trinajstić information content (AvgIpc) is 1.27. The van der Waals surface area contributed by atoms with Crippen LogP contribution < -0.4 is 0 Å². The van der Waals surface area contributed by atoms with Gasteiger partial charge < -0.3 is 0 Å². The van der Waals surface area contributed by atoms with E-state index in [1.807, 2.05) is 22.6 Å². The monoisotopic (exact) mass is 323 g/mol. The van der Waals surface area contributed by atoms with Crippen LogP contribution in [0, 0.1) is 0 Å². The standard InChI is InChI=1S/C3H3I2NO/c1-2(4)6-3(5)7/h1H3. The molecule has 0 radical (unpaired) electrons. The molecule has 7 heavy (non-hydrogen) atoms. The number of hydrogen-bond donors (Lipinski definition) is 0. The lowest BCUT2D eigenvalue weighted by Crippen LogP contribution is -1.77. The van der Waals surface area contributed by atoms with Gasteiger partial charge in [-0.05, 0) is 29.5 Å². The summed E-state index contributed by atoms with van der Waals surface area (Å²) in [5, 5.41) is 0. The Hall–Kier alpha value is 0.800. The van der Waals surface area contributed by atoms with Crippen molar-refractivity contribution >= 4 is 52.8 Å². The molecule has 1 amide bonds. The molecule has 0 saturated heterocycles. The van der Waals surface area contributed by atoms with Gasteiger partial charge in [0.25, 0.3) is 0 Å². The fourth-order valence-corrected chi connectivity index (χ4v) is 1.16. The fraction of sp³-hybridized carbons (Fsp3) is 0.333. The smallest absolute Gasteiger partial charge is 0.260 e. The quantitative estimate of drug-likeness (QED) is 0.291. The van der Waals surface area contributed by atoms with E-state index in [1.54, 1.807) is 29.5 Å². The third-order valence-electron chi connectivity index (χ3n) is 0.242. The van der Waals surface area contributed by atoms with Crippen LogP contribution in [0.1, 0.15) is 6.92 Å². The Balaban J connectivity index is 3.68. The van der Waals surface area contributed by atoms with E-state index in [9.17, 15) is 4.79 Å². The zero-order valence-electron chi connectivity index (χ0n) is 3.61. The number of hydrogen-bond acceptors (Lipinski definition) is 1. The second kappa shape index (κ2) is 3.76. The minimum absolute atomic E-state index is 0.162. The predicted molar refractivity (Wildman–Crippen MR) is 46.5 cm³/mol. The van der Waals surface area contributed by atoms with Crippen molar-refractivity contribution in [1.29, 1.82) is 0 Å². The molecule has 0 fully saturated rings. The molecule has 0 N–H and O–H groups in total. The van der Waals surface area contributed by atoms with Gasteiger partial charge in [-0.3, -0.25) is 4.79 Å². The summed E-state index contributed by atoms with van der Waals surface area (Å²) in [6.45, 7) is 1.77. The van der Waals surface area contributed by atoms with Crippen molar-refractivity contribution < 1.29 is 4.79 Å². The van der Waals surface area contributed by atoms with Crippen molar-refractivity contribution in [2.24, 2.45) is 4.99 Å². The Labute approximate surface area is 69.0 Å². The number of halogens is 2.